The lowest BCUT2D eigenvalue weighted by Crippen LogP contribution is -2.38. The fraction of sp³-hybridized carbons (Fsp3) is 0.350. The Morgan fingerprint density at radius 2 is 1.80 bits per heavy atom. The number of nitrogens with one attached hydrogen (secondary N) is 1. The summed E-state index contributed by atoms with van der Waals surface area (Å²) < 4.78 is 11.1. The van der Waals surface area contributed by atoms with Crippen molar-refractivity contribution in [2.24, 2.45) is 0 Å². The van der Waals surface area contributed by atoms with Crippen LogP contribution in [0.3, 0.4) is 0 Å². The molecule has 0 unspecified atom stereocenters. The van der Waals surface area contributed by atoms with Gasteiger partial charge in [-0.3, -0.25) is 4.79 Å². The van der Waals surface area contributed by atoms with Gasteiger partial charge in [0.25, 0.3) is 0 Å². The first kappa shape index (κ1) is 18.8. The van der Waals surface area contributed by atoms with Gasteiger partial charge in [0.2, 0.25) is 0 Å². The molecule has 0 saturated heterocycles. The van der Waals surface area contributed by atoms with Crippen molar-refractivity contribution >= 4 is 5.97 Å². The monoisotopic (exact) mass is 343 g/mol. The summed E-state index contributed by atoms with van der Waals surface area (Å²) in [6.45, 7) is 4.34. The molecular formula is C20H25NO4. The number of ether oxygens (including phenoxy) is 2. The standard InChI is InChI=1S/C20H25NO4/c1-14(2)25-18-10-9-16(12-19(18)24-3)13-21-17(20(22)23)11-15-7-5-4-6-8-15/h4-10,12,14,17,21H,11,13H2,1-3H3,(H,22,23)/t17-/m1/s1. The smallest absolute Gasteiger partial charge is 0.321 e. The molecule has 0 heterocycles. The third-order valence-electron chi connectivity index (χ3n) is 3.72. The fourth-order valence-corrected chi connectivity index (χ4v) is 2.51. The highest BCUT2D eigenvalue weighted by molar-refractivity contribution is 5.73. The maximum absolute atomic E-state index is 11.5. The zero-order valence-electron chi connectivity index (χ0n) is 14.9. The Balaban J connectivity index is 2.03. The van der Waals surface area contributed by atoms with E-state index < -0.39 is 12.0 Å². The summed E-state index contributed by atoms with van der Waals surface area (Å²) in [6.07, 6.45) is 0.488. The molecule has 5 nitrogen and oxygen atoms in total. The van der Waals surface area contributed by atoms with Crippen LogP contribution in [0.25, 0.3) is 0 Å². The van der Waals surface area contributed by atoms with E-state index in [1.807, 2.05) is 62.4 Å². The second kappa shape index (κ2) is 9.08. The summed E-state index contributed by atoms with van der Waals surface area (Å²) in [5, 5.41) is 12.5. The van der Waals surface area contributed by atoms with E-state index in [1.165, 1.54) is 0 Å². The number of carboxylic acid groups (broad SMARTS) is 1. The van der Waals surface area contributed by atoms with Crippen LogP contribution in [0, 0.1) is 0 Å². The van der Waals surface area contributed by atoms with E-state index in [-0.39, 0.29) is 6.10 Å². The molecule has 0 aliphatic carbocycles. The summed E-state index contributed by atoms with van der Waals surface area (Å²) >= 11 is 0. The van der Waals surface area contributed by atoms with E-state index in [1.54, 1.807) is 7.11 Å². The summed E-state index contributed by atoms with van der Waals surface area (Å²) in [5.41, 5.74) is 1.92. The Morgan fingerprint density at radius 3 is 2.40 bits per heavy atom. The predicted molar refractivity (Wildman–Crippen MR) is 97.2 cm³/mol. The first-order chi connectivity index (χ1) is 12.0. The van der Waals surface area contributed by atoms with E-state index in [9.17, 15) is 9.90 Å². The van der Waals surface area contributed by atoms with Crippen molar-refractivity contribution in [1.29, 1.82) is 0 Å². The molecule has 0 saturated carbocycles. The minimum absolute atomic E-state index is 0.0557. The molecule has 0 aliphatic heterocycles. The lowest BCUT2D eigenvalue weighted by Gasteiger charge is -2.17. The average Bonchev–Trinajstić information content (AvgIpc) is 2.59. The van der Waals surface area contributed by atoms with Gasteiger partial charge in [0.15, 0.2) is 11.5 Å². The van der Waals surface area contributed by atoms with Gasteiger partial charge in [0.05, 0.1) is 13.2 Å². The van der Waals surface area contributed by atoms with Crippen LogP contribution in [0.4, 0.5) is 0 Å². The van der Waals surface area contributed by atoms with Gasteiger partial charge in [-0.25, -0.2) is 0 Å². The lowest BCUT2D eigenvalue weighted by molar-refractivity contribution is -0.139. The Kier molecular flexibility index (Phi) is 6.83. The second-order valence-electron chi connectivity index (χ2n) is 6.11. The minimum atomic E-state index is -0.865. The molecule has 5 heteroatoms. The third-order valence-corrected chi connectivity index (χ3v) is 3.72. The minimum Gasteiger partial charge on any atom is -0.493 e. The molecule has 2 N–H and O–H groups in total. The highest BCUT2D eigenvalue weighted by atomic mass is 16.5. The van der Waals surface area contributed by atoms with Gasteiger partial charge in [-0.15, -0.1) is 0 Å². The number of aliphatic carboxylic acids is 1. The van der Waals surface area contributed by atoms with Gasteiger partial charge in [-0.2, -0.15) is 0 Å². The van der Waals surface area contributed by atoms with Crippen molar-refractivity contribution in [2.45, 2.75) is 39.0 Å². The maximum Gasteiger partial charge on any atom is 0.321 e. The van der Waals surface area contributed by atoms with Gasteiger partial charge in [0.1, 0.15) is 6.04 Å². The number of hydrogen-bond acceptors (Lipinski definition) is 4. The van der Waals surface area contributed by atoms with Crippen LogP contribution in [-0.4, -0.2) is 30.3 Å². The maximum atomic E-state index is 11.5. The molecule has 2 rings (SSSR count). The number of methoxy groups -OCH3 is 1. The van der Waals surface area contributed by atoms with E-state index >= 15 is 0 Å². The molecular weight excluding hydrogens is 318 g/mol. The van der Waals surface area contributed by atoms with E-state index in [4.69, 9.17) is 9.47 Å². The van der Waals surface area contributed by atoms with Crippen molar-refractivity contribution in [2.75, 3.05) is 7.11 Å². The molecule has 134 valence electrons. The number of benzene rings is 2. The third kappa shape index (κ3) is 5.80. The molecule has 0 fully saturated rings. The van der Waals surface area contributed by atoms with Crippen LogP contribution in [0.1, 0.15) is 25.0 Å². The zero-order valence-corrected chi connectivity index (χ0v) is 14.9. The SMILES string of the molecule is COc1cc(CN[C@H](Cc2ccccc2)C(=O)O)ccc1OC(C)C. The van der Waals surface area contributed by atoms with Gasteiger partial charge < -0.3 is 19.9 Å². The Morgan fingerprint density at radius 1 is 1.08 bits per heavy atom. The molecule has 0 bridgehead atoms. The predicted octanol–water partition coefficient (Wildman–Crippen LogP) is 3.27. The quantitative estimate of drug-likeness (QED) is 0.731. The topological polar surface area (TPSA) is 67.8 Å². The van der Waals surface area contributed by atoms with Gasteiger partial charge in [-0.1, -0.05) is 36.4 Å². The Bertz CT molecular complexity index is 685. The Labute approximate surface area is 148 Å². The number of carboxylic acids is 1. The molecule has 2 aromatic carbocycles. The zero-order chi connectivity index (χ0) is 18.2. The molecule has 0 radical (unpaired) electrons. The van der Waals surface area contributed by atoms with Crippen LogP contribution in [0.2, 0.25) is 0 Å². The largest absolute Gasteiger partial charge is 0.493 e. The van der Waals surface area contributed by atoms with Crippen LogP contribution >= 0.6 is 0 Å². The highest BCUT2D eigenvalue weighted by Gasteiger charge is 2.17. The van der Waals surface area contributed by atoms with Crippen molar-refractivity contribution in [3.8, 4) is 11.5 Å². The molecule has 2 aromatic rings. The normalized spacial score (nSPS) is 12.0. The van der Waals surface area contributed by atoms with Crippen LogP contribution in [0.15, 0.2) is 48.5 Å². The van der Waals surface area contributed by atoms with Gasteiger partial charge >= 0.3 is 5.97 Å². The average molecular weight is 343 g/mol. The van der Waals surface area contributed by atoms with Gasteiger partial charge in [0, 0.05) is 6.54 Å². The number of carbonyl (C=O) groups is 1. The van der Waals surface area contributed by atoms with Gasteiger partial charge in [-0.05, 0) is 43.5 Å². The molecule has 0 aliphatic rings. The lowest BCUT2D eigenvalue weighted by atomic mass is 10.1. The molecule has 1 atom stereocenters. The van der Waals surface area contributed by atoms with E-state index in [0.717, 1.165) is 11.1 Å². The molecule has 0 aromatic heterocycles. The molecule has 25 heavy (non-hydrogen) atoms. The van der Waals surface area contributed by atoms with Crippen molar-refractivity contribution < 1.29 is 19.4 Å². The van der Waals surface area contributed by atoms with Crippen LogP contribution < -0.4 is 14.8 Å². The van der Waals surface area contributed by atoms with E-state index in [2.05, 4.69) is 5.32 Å². The van der Waals surface area contributed by atoms with Crippen molar-refractivity contribution in [1.82, 2.24) is 5.32 Å². The summed E-state index contributed by atoms with van der Waals surface area (Å²) in [5.74, 6) is 0.457. The fourth-order valence-electron chi connectivity index (χ4n) is 2.51. The van der Waals surface area contributed by atoms with Crippen molar-refractivity contribution in [3.05, 3.63) is 59.7 Å². The number of hydrogen-bond donors (Lipinski definition) is 2. The first-order valence-corrected chi connectivity index (χ1v) is 8.33. The van der Waals surface area contributed by atoms with Crippen LogP contribution in [-0.2, 0) is 17.8 Å². The number of rotatable bonds is 9. The summed E-state index contributed by atoms with van der Waals surface area (Å²) in [6, 6.07) is 14.6. The van der Waals surface area contributed by atoms with E-state index in [0.29, 0.717) is 24.5 Å². The first-order valence-electron chi connectivity index (χ1n) is 8.33. The highest BCUT2D eigenvalue weighted by Crippen LogP contribution is 2.29. The summed E-state index contributed by atoms with van der Waals surface area (Å²) in [4.78, 5) is 11.5. The van der Waals surface area contributed by atoms with Crippen molar-refractivity contribution in [3.63, 3.8) is 0 Å². The summed E-state index contributed by atoms with van der Waals surface area (Å²) in [7, 11) is 1.59. The van der Waals surface area contributed by atoms with Crippen LogP contribution in [0.5, 0.6) is 11.5 Å². The molecule has 0 amide bonds. The molecule has 0 spiro atoms. The second-order valence-corrected chi connectivity index (χ2v) is 6.11. The Hall–Kier alpha value is -2.53.